The quantitative estimate of drug-likeness (QED) is 0.0402. The highest BCUT2D eigenvalue weighted by Gasteiger charge is 2.27. The Morgan fingerprint density at radius 1 is 0.531 bits per heavy atom. The molecule has 0 radical (unpaired) electrons. The van der Waals surface area contributed by atoms with Crippen LogP contribution in [-0.2, 0) is 19.2 Å². The number of Topliss-reactive ketones (excluding diaryl/α,β-unsaturated/α-hetero) is 2. The number of azo groups is 2. The highest BCUT2D eigenvalue weighted by molar-refractivity contribution is 6.37. The topological polar surface area (TPSA) is 209 Å². The maximum Gasteiger partial charge on any atom is 0.258 e. The number of nitrogens with one attached hydrogen (secondary N) is 4. The Kier molecular flexibility index (Phi) is 17.6. The maximum absolute atomic E-state index is 13.5. The van der Waals surface area contributed by atoms with Gasteiger partial charge in [-0.15, -0.1) is 11.6 Å². The zero-order valence-electron chi connectivity index (χ0n) is 33.0. The van der Waals surface area contributed by atoms with Crippen LogP contribution in [-0.4, -0.2) is 59.8 Å². The highest BCUT2D eigenvalue weighted by atomic mass is 35.5. The van der Waals surface area contributed by atoms with E-state index in [1.54, 1.807) is 12.1 Å². The first kappa shape index (κ1) is 49.4. The van der Waals surface area contributed by atoms with E-state index in [0.717, 1.165) is 13.8 Å². The van der Waals surface area contributed by atoms with Crippen LogP contribution >= 0.6 is 81.2 Å². The SMILES string of the molecule is CC(=O)C(N=Nc1cc(C(=O)Nc2cc(Cl)ccc2Cl)ccc1Cl)C(=O)Nc1ccc(NC(=O)C(N=Nc2cc(C(=O)Nc3cc(Cl)ccc3Cl)ccc2Cl)C(C)=O)c(OCCCl)c1. The van der Waals surface area contributed by atoms with E-state index in [-0.39, 0.29) is 83.6 Å². The van der Waals surface area contributed by atoms with E-state index in [2.05, 4.69) is 41.7 Å². The van der Waals surface area contributed by atoms with Crippen molar-refractivity contribution in [2.45, 2.75) is 25.9 Å². The van der Waals surface area contributed by atoms with Gasteiger partial charge in [0.05, 0.1) is 43.0 Å². The molecule has 0 aliphatic carbocycles. The molecular weight excluding hydrogens is 977 g/mol. The average Bonchev–Trinajstić information content (AvgIpc) is 3.24. The van der Waals surface area contributed by atoms with Gasteiger partial charge in [-0.1, -0.05) is 69.6 Å². The van der Waals surface area contributed by atoms with Crippen LogP contribution in [0.3, 0.4) is 0 Å². The van der Waals surface area contributed by atoms with Gasteiger partial charge in [0.15, 0.2) is 11.6 Å². The lowest BCUT2D eigenvalue weighted by Gasteiger charge is -2.16. The number of ether oxygens (including phenoxy) is 1. The first-order chi connectivity index (χ1) is 30.4. The lowest BCUT2D eigenvalue weighted by molar-refractivity contribution is -0.127. The average molecular weight is 1010 g/mol. The second-order valence-corrected chi connectivity index (χ2v) is 16.1. The molecule has 0 saturated heterocycles. The largest absolute Gasteiger partial charge is 0.490 e. The van der Waals surface area contributed by atoms with Gasteiger partial charge in [-0.2, -0.15) is 20.5 Å². The zero-order valence-corrected chi connectivity index (χ0v) is 38.3. The molecule has 15 nitrogen and oxygen atoms in total. The van der Waals surface area contributed by atoms with Crippen molar-refractivity contribution in [2.24, 2.45) is 20.5 Å². The molecule has 0 fully saturated rings. The molecule has 0 saturated carbocycles. The van der Waals surface area contributed by atoms with Crippen molar-refractivity contribution in [1.29, 1.82) is 0 Å². The van der Waals surface area contributed by atoms with Crippen LogP contribution in [0.5, 0.6) is 5.75 Å². The number of benzene rings is 5. The summed E-state index contributed by atoms with van der Waals surface area (Å²) in [4.78, 5) is 78.1. The van der Waals surface area contributed by atoms with Crippen LogP contribution in [0.4, 0.5) is 34.1 Å². The Morgan fingerprint density at radius 3 is 1.44 bits per heavy atom. The Balaban J connectivity index is 1.30. The van der Waals surface area contributed by atoms with Crippen molar-refractivity contribution in [1.82, 2.24) is 0 Å². The predicted molar refractivity (Wildman–Crippen MR) is 250 cm³/mol. The molecule has 22 heteroatoms. The molecule has 4 amide bonds. The standard InChI is InChI=1S/C42H31Cl7N8O7/c1-20(58)37(56-54-34-15-22(3-8-29(34)48)39(60)52-32-17-24(44)5-10-27(32)46)41(62)50-26-7-12-31(36(19-26)64-14-13-43)51-42(63)38(21(2)59)57-55-35-16-23(4-9-30(35)49)40(61)53-33-18-25(45)6-11-28(33)47/h3-12,15-19,37-38H,13-14H2,1-2H3,(H,50,62)(H,51,63)(H,52,60)(H,53,61). The molecule has 0 aromatic heterocycles. The number of carbonyl (C=O) groups excluding carboxylic acids is 6. The molecular formula is C42H31Cl7N8O7. The second-order valence-electron chi connectivity index (χ2n) is 13.2. The number of ketones is 2. The molecule has 5 aromatic rings. The minimum absolute atomic E-state index is 0.00884. The van der Waals surface area contributed by atoms with Gasteiger partial charge in [0.2, 0.25) is 12.1 Å². The predicted octanol–water partition coefficient (Wildman–Crippen LogP) is 12.1. The maximum atomic E-state index is 13.5. The molecule has 0 bridgehead atoms. The molecule has 5 aromatic carbocycles. The van der Waals surface area contributed by atoms with E-state index in [4.69, 9.17) is 85.9 Å². The van der Waals surface area contributed by atoms with Crippen LogP contribution in [0.25, 0.3) is 0 Å². The van der Waals surface area contributed by atoms with E-state index in [1.807, 2.05) is 0 Å². The second kappa shape index (κ2) is 22.8. The highest BCUT2D eigenvalue weighted by Crippen LogP contribution is 2.33. The van der Waals surface area contributed by atoms with Crippen molar-refractivity contribution in [3.05, 3.63) is 132 Å². The van der Waals surface area contributed by atoms with Crippen molar-refractivity contribution in [3.63, 3.8) is 0 Å². The third-order valence-electron chi connectivity index (χ3n) is 8.44. The van der Waals surface area contributed by atoms with Gasteiger partial charge in [-0.25, -0.2) is 0 Å². The van der Waals surface area contributed by atoms with E-state index >= 15 is 0 Å². The number of carbonyl (C=O) groups is 6. The van der Waals surface area contributed by atoms with Gasteiger partial charge < -0.3 is 26.0 Å². The number of amides is 4. The van der Waals surface area contributed by atoms with Gasteiger partial charge in [0.1, 0.15) is 23.7 Å². The molecule has 4 N–H and O–H groups in total. The summed E-state index contributed by atoms with van der Waals surface area (Å²) in [6, 6.07) is 18.0. The molecule has 330 valence electrons. The summed E-state index contributed by atoms with van der Waals surface area (Å²) >= 11 is 42.9. The molecule has 0 heterocycles. The first-order valence-electron chi connectivity index (χ1n) is 18.3. The fourth-order valence-corrected chi connectivity index (χ4v) is 6.36. The molecule has 2 atom stereocenters. The van der Waals surface area contributed by atoms with Gasteiger partial charge in [-0.05, 0) is 98.8 Å². The normalized spacial score (nSPS) is 12.1. The summed E-state index contributed by atoms with van der Waals surface area (Å²) in [5.74, 6) is -4.33. The van der Waals surface area contributed by atoms with E-state index in [0.29, 0.717) is 10.0 Å². The molecule has 64 heavy (non-hydrogen) atoms. The van der Waals surface area contributed by atoms with Crippen LogP contribution in [0.2, 0.25) is 30.1 Å². The van der Waals surface area contributed by atoms with Crippen LogP contribution < -0.4 is 26.0 Å². The lowest BCUT2D eigenvalue weighted by Crippen LogP contribution is -2.32. The number of halogens is 7. The van der Waals surface area contributed by atoms with Crippen LogP contribution in [0.15, 0.2) is 111 Å². The Morgan fingerprint density at radius 2 is 0.984 bits per heavy atom. The number of hydrogen-bond donors (Lipinski definition) is 4. The first-order valence-corrected chi connectivity index (χ1v) is 21.1. The third-order valence-corrected chi connectivity index (χ3v) is 10.4. The number of rotatable bonds is 17. The number of nitrogens with zero attached hydrogens (tertiary/aromatic N) is 4. The Labute approximate surface area is 399 Å². The molecule has 0 aliphatic heterocycles. The number of hydrogen-bond acceptors (Lipinski definition) is 11. The smallest absolute Gasteiger partial charge is 0.258 e. The van der Waals surface area contributed by atoms with E-state index in [1.165, 1.54) is 78.9 Å². The van der Waals surface area contributed by atoms with Crippen LogP contribution in [0.1, 0.15) is 34.6 Å². The summed E-state index contributed by atoms with van der Waals surface area (Å²) < 4.78 is 5.72. The molecule has 5 rings (SSSR count). The van der Waals surface area contributed by atoms with Crippen molar-refractivity contribution in [2.75, 3.05) is 33.8 Å². The van der Waals surface area contributed by atoms with Gasteiger partial charge in [-0.3, -0.25) is 28.8 Å². The lowest BCUT2D eigenvalue weighted by atomic mass is 10.1. The summed E-state index contributed by atoms with van der Waals surface area (Å²) in [5.41, 5.74) is 0.816. The van der Waals surface area contributed by atoms with Crippen molar-refractivity contribution in [3.8, 4) is 5.75 Å². The fraction of sp³-hybridized carbons (Fsp3) is 0.143. The summed E-state index contributed by atoms with van der Waals surface area (Å²) in [7, 11) is 0. The van der Waals surface area contributed by atoms with Gasteiger partial charge in [0.25, 0.3) is 23.6 Å². The summed E-state index contributed by atoms with van der Waals surface area (Å²) in [5, 5.41) is 27.5. The molecule has 0 aliphatic rings. The van der Waals surface area contributed by atoms with Gasteiger partial charge in [0, 0.05) is 32.9 Å². The number of anilines is 4. The Hall–Kier alpha value is -5.65. The minimum Gasteiger partial charge on any atom is -0.490 e. The zero-order chi connectivity index (χ0) is 46.7. The van der Waals surface area contributed by atoms with Crippen molar-refractivity contribution < 1.29 is 33.5 Å². The third kappa shape index (κ3) is 13.4. The van der Waals surface area contributed by atoms with E-state index < -0.39 is 47.3 Å². The summed E-state index contributed by atoms with van der Waals surface area (Å²) in [6.07, 6.45) is 0. The van der Waals surface area contributed by atoms with Crippen LogP contribution in [0, 0.1) is 0 Å². The minimum atomic E-state index is -1.69. The molecule has 0 spiro atoms. The Bertz CT molecular complexity index is 2720. The van der Waals surface area contributed by atoms with Gasteiger partial charge >= 0.3 is 0 Å². The van der Waals surface area contributed by atoms with E-state index in [9.17, 15) is 28.8 Å². The fourth-order valence-electron chi connectivity index (χ4n) is 5.30. The monoisotopic (exact) mass is 1000 g/mol. The van der Waals surface area contributed by atoms with Crippen molar-refractivity contribution >= 4 is 151 Å². The molecule has 2 unspecified atom stereocenters. The number of alkyl halides is 1. The summed E-state index contributed by atoms with van der Waals surface area (Å²) in [6.45, 7) is 2.20.